The molecule has 0 amide bonds. The second-order valence-electron chi connectivity index (χ2n) is 8.41. The summed E-state index contributed by atoms with van der Waals surface area (Å²) in [6.45, 7) is 9.83. The van der Waals surface area contributed by atoms with Gasteiger partial charge in [-0.1, -0.05) is 0 Å². The molecule has 4 aliphatic rings. The van der Waals surface area contributed by atoms with Crippen LogP contribution in [0.25, 0.3) is 0 Å². The molecule has 0 N–H and O–H groups in total. The molecule has 0 bridgehead atoms. The van der Waals surface area contributed by atoms with E-state index in [-0.39, 0.29) is 5.57 Å². The summed E-state index contributed by atoms with van der Waals surface area (Å²) in [6.07, 6.45) is 6.08. The third kappa shape index (κ3) is 4.43. The number of nitriles is 2. The summed E-state index contributed by atoms with van der Waals surface area (Å²) in [7, 11) is 0. The van der Waals surface area contributed by atoms with Crippen LogP contribution in [0.15, 0.2) is 11.4 Å². The standard InChI is InChI=1S/C21H32N6O/c22-16-18(17-23)21-26(7-1-6-24-12-14-28-15-13-24)10-11-27(21)20-4-8-25(9-5-20)19-2-3-19/h19-20H,1-15H2. The van der Waals surface area contributed by atoms with Crippen LogP contribution in [0.4, 0.5) is 0 Å². The minimum absolute atomic E-state index is 0.286. The van der Waals surface area contributed by atoms with Gasteiger partial charge in [0.25, 0.3) is 0 Å². The highest BCUT2D eigenvalue weighted by Crippen LogP contribution is 2.33. The van der Waals surface area contributed by atoms with Crippen LogP contribution >= 0.6 is 0 Å². The zero-order valence-corrected chi connectivity index (χ0v) is 16.9. The summed E-state index contributed by atoms with van der Waals surface area (Å²) in [4.78, 5) is 9.74. The van der Waals surface area contributed by atoms with Gasteiger partial charge in [-0.25, -0.2) is 0 Å². The summed E-state index contributed by atoms with van der Waals surface area (Å²) >= 11 is 0. The molecule has 3 saturated heterocycles. The topological polar surface area (TPSA) is 69.8 Å². The minimum atomic E-state index is 0.286. The fourth-order valence-electron chi connectivity index (χ4n) is 4.93. The number of rotatable bonds is 6. The van der Waals surface area contributed by atoms with E-state index in [4.69, 9.17) is 4.74 Å². The van der Waals surface area contributed by atoms with E-state index in [1.54, 1.807) is 0 Å². The molecule has 0 aromatic rings. The van der Waals surface area contributed by atoms with Crippen molar-refractivity contribution in [2.75, 3.05) is 65.6 Å². The maximum Gasteiger partial charge on any atom is 0.169 e. The van der Waals surface area contributed by atoms with Gasteiger partial charge < -0.3 is 19.4 Å². The normalized spacial score (nSPS) is 25.0. The molecule has 28 heavy (non-hydrogen) atoms. The second kappa shape index (κ2) is 9.13. The molecule has 3 aliphatic heterocycles. The SMILES string of the molecule is N#CC(C#N)=C1N(CCCN2CCOCC2)CCN1C1CCN(C2CC2)CC1. The molecule has 1 aliphatic carbocycles. The lowest BCUT2D eigenvalue weighted by Gasteiger charge is -2.38. The molecule has 4 rings (SSSR count). The molecule has 1 saturated carbocycles. The Kier molecular flexibility index (Phi) is 6.36. The van der Waals surface area contributed by atoms with Crippen LogP contribution in [0.2, 0.25) is 0 Å². The van der Waals surface area contributed by atoms with Crippen LogP contribution in [0.1, 0.15) is 32.1 Å². The third-order valence-electron chi connectivity index (χ3n) is 6.64. The number of piperidine rings is 1. The maximum absolute atomic E-state index is 9.56. The molecular weight excluding hydrogens is 352 g/mol. The smallest absolute Gasteiger partial charge is 0.169 e. The number of nitrogens with zero attached hydrogens (tertiary/aromatic N) is 6. The average Bonchev–Trinajstić information content (AvgIpc) is 3.52. The van der Waals surface area contributed by atoms with Crippen LogP contribution in [0.5, 0.6) is 0 Å². The third-order valence-corrected chi connectivity index (χ3v) is 6.64. The highest BCUT2D eigenvalue weighted by Gasteiger charge is 2.37. The van der Waals surface area contributed by atoms with Crippen molar-refractivity contribution in [2.24, 2.45) is 0 Å². The number of hydrogen-bond donors (Lipinski definition) is 0. The molecule has 152 valence electrons. The van der Waals surface area contributed by atoms with Crippen molar-refractivity contribution in [3.8, 4) is 12.1 Å². The lowest BCUT2D eigenvalue weighted by molar-refractivity contribution is 0.0365. The lowest BCUT2D eigenvalue weighted by atomic mass is 10.0. The minimum Gasteiger partial charge on any atom is -0.379 e. The Balaban J connectivity index is 1.36. The molecule has 7 nitrogen and oxygen atoms in total. The van der Waals surface area contributed by atoms with Crippen molar-refractivity contribution in [3.05, 3.63) is 11.4 Å². The van der Waals surface area contributed by atoms with Gasteiger partial charge in [0.2, 0.25) is 0 Å². The maximum atomic E-state index is 9.56. The summed E-state index contributed by atoms with van der Waals surface area (Å²) in [6, 6.07) is 5.63. The van der Waals surface area contributed by atoms with Crippen molar-refractivity contribution in [2.45, 2.75) is 44.2 Å². The van der Waals surface area contributed by atoms with Crippen LogP contribution < -0.4 is 0 Å². The Morgan fingerprint density at radius 2 is 1.57 bits per heavy atom. The van der Waals surface area contributed by atoms with Gasteiger partial charge in [-0.15, -0.1) is 0 Å². The Morgan fingerprint density at radius 1 is 0.857 bits per heavy atom. The van der Waals surface area contributed by atoms with Crippen LogP contribution in [0.3, 0.4) is 0 Å². The zero-order valence-electron chi connectivity index (χ0n) is 16.9. The predicted octanol–water partition coefficient (Wildman–Crippen LogP) is 1.21. The Bertz CT molecular complexity index is 631. The molecule has 0 radical (unpaired) electrons. The fraction of sp³-hybridized carbons (Fsp3) is 0.810. The van der Waals surface area contributed by atoms with Gasteiger partial charge in [-0.05, 0) is 32.1 Å². The van der Waals surface area contributed by atoms with Crippen LogP contribution in [-0.4, -0.2) is 97.3 Å². The van der Waals surface area contributed by atoms with Crippen LogP contribution in [-0.2, 0) is 4.74 Å². The highest BCUT2D eigenvalue weighted by atomic mass is 16.5. The molecule has 0 unspecified atom stereocenters. The van der Waals surface area contributed by atoms with Gasteiger partial charge in [-0.3, -0.25) is 4.90 Å². The van der Waals surface area contributed by atoms with E-state index >= 15 is 0 Å². The molecule has 0 atom stereocenters. The Labute approximate surface area is 168 Å². The first kappa shape index (κ1) is 19.5. The monoisotopic (exact) mass is 384 g/mol. The highest BCUT2D eigenvalue weighted by molar-refractivity contribution is 5.40. The molecule has 4 fully saturated rings. The zero-order chi connectivity index (χ0) is 19.3. The first-order valence-electron chi connectivity index (χ1n) is 10.9. The van der Waals surface area contributed by atoms with E-state index < -0.39 is 0 Å². The predicted molar refractivity (Wildman–Crippen MR) is 106 cm³/mol. The molecule has 0 aromatic heterocycles. The Morgan fingerprint density at radius 3 is 2.21 bits per heavy atom. The van der Waals surface area contributed by atoms with Crippen molar-refractivity contribution in [1.29, 1.82) is 10.5 Å². The lowest BCUT2D eigenvalue weighted by Crippen LogP contribution is -2.45. The fourth-order valence-corrected chi connectivity index (χ4v) is 4.93. The van der Waals surface area contributed by atoms with Gasteiger partial charge in [-0.2, -0.15) is 10.5 Å². The second-order valence-corrected chi connectivity index (χ2v) is 8.41. The number of likely N-dealkylation sites (tertiary alicyclic amines) is 1. The van der Waals surface area contributed by atoms with E-state index in [0.717, 1.165) is 96.7 Å². The quantitative estimate of drug-likeness (QED) is 0.638. The van der Waals surface area contributed by atoms with Gasteiger partial charge >= 0.3 is 0 Å². The van der Waals surface area contributed by atoms with Crippen molar-refractivity contribution in [3.63, 3.8) is 0 Å². The van der Waals surface area contributed by atoms with Gasteiger partial charge in [0, 0.05) is 64.4 Å². The first-order chi connectivity index (χ1) is 13.8. The number of hydrogen-bond acceptors (Lipinski definition) is 7. The average molecular weight is 385 g/mol. The molecular formula is C21H32N6O. The largest absolute Gasteiger partial charge is 0.379 e. The molecule has 7 heteroatoms. The van der Waals surface area contributed by atoms with Crippen molar-refractivity contribution < 1.29 is 4.74 Å². The summed E-state index contributed by atoms with van der Waals surface area (Å²) in [5, 5.41) is 19.1. The Hall–Kier alpha value is -1.80. The van der Waals surface area contributed by atoms with E-state index in [0.29, 0.717) is 6.04 Å². The van der Waals surface area contributed by atoms with E-state index in [1.807, 2.05) is 0 Å². The van der Waals surface area contributed by atoms with Crippen molar-refractivity contribution in [1.82, 2.24) is 19.6 Å². The summed E-state index contributed by atoms with van der Waals surface area (Å²) < 4.78 is 5.42. The van der Waals surface area contributed by atoms with E-state index in [2.05, 4.69) is 31.7 Å². The first-order valence-corrected chi connectivity index (χ1v) is 10.9. The molecule has 3 heterocycles. The summed E-state index contributed by atoms with van der Waals surface area (Å²) in [5.74, 6) is 0.900. The molecule has 0 aromatic carbocycles. The van der Waals surface area contributed by atoms with Crippen molar-refractivity contribution >= 4 is 0 Å². The van der Waals surface area contributed by atoms with Gasteiger partial charge in [0.05, 0.1) is 13.2 Å². The number of morpholine rings is 1. The number of ether oxygens (including phenoxy) is 1. The molecule has 0 spiro atoms. The van der Waals surface area contributed by atoms with E-state index in [9.17, 15) is 10.5 Å². The van der Waals surface area contributed by atoms with Crippen LogP contribution in [0, 0.1) is 22.7 Å². The summed E-state index contributed by atoms with van der Waals surface area (Å²) in [5.41, 5.74) is 0.286. The van der Waals surface area contributed by atoms with Gasteiger partial charge in [0.1, 0.15) is 18.0 Å². The van der Waals surface area contributed by atoms with Gasteiger partial charge in [0.15, 0.2) is 5.57 Å². The van der Waals surface area contributed by atoms with E-state index in [1.165, 1.54) is 12.8 Å². The number of allylic oxidation sites excluding steroid dienone is 1.